The van der Waals surface area contributed by atoms with Gasteiger partial charge in [0.15, 0.2) is 0 Å². The predicted molar refractivity (Wildman–Crippen MR) is 103 cm³/mol. The lowest BCUT2D eigenvalue weighted by Gasteiger charge is -2.34. The van der Waals surface area contributed by atoms with Gasteiger partial charge in [0.2, 0.25) is 0 Å². The fourth-order valence-electron chi connectivity index (χ4n) is 3.21. The summed E-state index contributed by atoms with van der Waals surface area (Å²) in [6.45, 7) is 4.16. The lowest BCUT2D eigenvalue weighted by molar-refractivity contribution is 0.0633. The van der Waals surface area contributed by atoms with Gasteiger partial charge in [0.1, 0.15) is 10.6 Å². The van der Waals surface area contributed by atoms with Crippen molar-refractivity contribution >= 4 is 17.4 Å². The van der Waals surface area contributed by atoms with E-state index in [9.17, 15) is 4.79 Å². The van der Waals surface area contributed by atoms with Gasteiger partial charge in [0, 0.05) is 38.3 Å². The maximum Gasteiger partial charge on any atom is 0.267 e. The van der Waals surface area contributed by atoms with Crippen LogP contribution in [0.15, 0.2) is 60.7 Å². The zero-order valence-corrected chi connectivity index (χ0v) is 15.2. The van der Waals surface area contributed by atoms with Crippen molar-refractivity contribution in [2.45, 2.75) is 6.54 Å². The van der Waals surface area contributed by atoms with Crippen LogP contribution in [0.2, 0.25) is 0 Å². The molecule has 0 spiro atoms. The number of rotatable bonds is 4. The molecule has 0 saturated carbocycles. The molecule has 2 heterocycles. The van der Waals surface area contributed by atoms with Gasteiger partial charge in [-0.15, -0.1) is 5.10 Å². The molecule has 132 valence electrons. The van der Waals surface area contributed by atoms with E-state index in [1.807, 2.05) is 41.3 Å². The highest BCUT2D eigenvalue weighted by molar-refractivity contribution is 7.08. The number of benzene rings is 2. The van der Waals surface area contributed by atoms with E-state index in [2.05, 4.69) is 38.8 Å². The number of nitrogens with zero attached hydrogens (tertiary/aromatic N) is 4. The second-order valence-electron chi connectivity index (χ2n) is 6.37. The highest BCUT2D eigenvalue weighted by atomic mass is 32.1. The Kier molecular flexibility index (Phi) is 5.04. The Morgan fingerprint density at radius 2 is 1.58 bits per heavy atom. The summed E-state index contributed by atoms with van der Waals surface area (Å²) in [6, 6.07) is 20.2. The first-order valence-electron chi connectivity index (χ1n) is 8.74. The molecule has 0 N–H and O–H groups in total. The van der Waals surface area contributed by atoms with E-state index in [-0.39, 0.29) is 5.91 Å². The van der Waals surface area contributed by atoms with Crippen molar-refractivity contribution in [3.05, 3.63) is 71.1 Å². The van der Waals surface area contributed by atoms with Crippen molar-refractivity contribution in [2.75, 3.05) is 26.2 Å². The second-order valence-corrected chi connectivity index (χ2v) is 7.12. The van der Waals surface area contributed by atoms with Crippen LogP contribution in [-0.2, 0) is 6.54 Å². The van der Waals surface area contributed by atoms with E-state index >= 15 is 0 Å². The molecule has 0 atom stereocenters. The summed E-state index contributed by atoms with van der Waals surface area (Å²) in [6.07, 6.45) is 0. The third-order valence-corrected chi connectivity index (χ3v) is 5.35. The summed E-state index contributed by atoms with van der Waals surface area (Å²) < 4.78 is 4.02. The molecule has 4 rings (SSSR count). The van der Waals surface area contributed by atoms with Crippen LogP contribution in [-0.4, -0.2) is 51.5 Å². The molecule has 0 bridgehead atoms. The Morgan fingerprint density at radius 1 is 0.923 bits per heavy atom. The number of carbonyl (C=O) groups excluding carboxylic acids is 1. The lowest BCUT2D eigenvalue weighted by atomic mass is 10.1. The van der Waals surface area contributed by atoms with E-state index in [0.717, 1.165) is 38.3 Å². The summed E-state index contributed by atoms with van der Waals surface area (Å²) in [5, 5.41) is 4.18. The SMILES string of the molecule is O=C(c1snnc1-c1ccccc1)N1CCN(Cc2ccccc2)CC1. The molecule has 1 aromatic heterocycles. The summed E-state index contributed by atoms with van der Waals surface area (Å²) in [5.41, 5.74) is 2.94. The standard InChI is InChI=1S/C20H20N4OS/c25-20(19-18(21-22-26-19)17-9-5-2-6-10-17)24-13-11-23(12-14-24)15-16-7-3-1-4-8-16/h1-10H,11-15H2. The first-order valence-corrected chi connectivity index (χ1v) is 9.52. The third-order valence-electron chi connectivity index (χ3n) is 4.64. The number of hydrogen-bond acceptors (Lipinski definition) is 5. The van der Waals surface area contributed by atoms with E-state index in [0.29, 0.717) is 10.6 Å². The van der Waals surface area contributed by atoms with Crippen LogP contribution in [0.5, 0.6) is 0 Å². The number of piperazine rings is 1. The van der Waals surface area contributed by atoms with E-state index in [1.54, 1.807) is 0 Å². The molecule has 1 saturated heterocycles. The number of aromatic nitrogens is 2. The van der Waals surface area contributed by atoms with Gasteiger partial charge in [0.25, 0.3) is 5.91 Å². The van der Waals surface area contributed by atoms with E-state index in [1.165, 1.54) is 17.1 Å². The third kappa shape index (κ3) is 3.66. The minimum absolute atomic E-state index is 0.0400. The predicted octanol–water partition coefficient (Wildman–Crippen LogP) is 3.16. The zero-order valence-electron chi connectivity index (χ0n) is 14.4. The van der Waals surface area contributed by atoms with Crippen molar-refractivity contribution in [2.24, 2.45) is 0 Å². The van der Waals surface area contributed by atoms with Crippen molar-refractivity contribution in [3.63, 3.8) is 0 Å². The Hall–Kier alpha value is -2.57. The zero-order chi connectivity index (χ0) is 17.8. The minimum Gasteiger partial charge on any atom is -0.335 e. The van der Waals surface area contributed by atoms with Gasteiger partial charge >= 0.3 is 0 Å². The molecule has 1 aliphatic rings. The topological polar surface area (TPSA) is 49.3 Å². The molecule has 1 amide bonds. The molecule has 1 aliphatic heterocycles. The molecular weight excluding hydrogens is 344 g/mol. The van der Waals surface area contributed by atoms with Crippen LogP contribution in [0.4, 0.5) is 0 Å². The first-order chi connectivity index (χ1) is 12.8. The van der Waals surface area contributed by atoms with Crippen molar-refractivity contribution in [3.8, 4) is 11.3 Å². The number of carbonyl (C=O) groups is 1. The van der Waals surface area contributed by atoms with Crippen molar-refractivity contribution < 1.29 is 4.79 Å². The summed E-state index contributed by atoms with van der Waals surface area (Å²) in [4.78, 5) is 17.9. The maximum atomic E-state index is 13.0. The second kappa shape index (κ2) is 7.76. The Labute approximate surface area is 157 Å². The van der Waals surface area contributed by atoms with Gasteiger partial charge in [0.05, 0.1) is 0 Å². The smallest absolute Gasteiger partial charge is 0.267 e. The average molecular weight is 364 g/mol. The molecule has 2 aromatic carbocycles. The number of hydrogen-bond donors (Lipinski definition) is 0. The Balaban J connectivity index is 1.41. The normalized spacial score (nSPS) is 15.2. The van der Waals surface area contributed by atoms with Gasteiger partial charge in [-0.05, 0) is 17.1 Å². The molecule has 3 aromatic rings. The molecule has 5 nitrogen and oxygen atoms in total. The monoisotopic (exact) mass is 364 g/mol. The Morgan fingerprint density at radius 3 is 2.27 bits per heavy atom. The molecule has 1 fully saturated rings. The van der Waals surface area contributed by atoms with E-state index < -0.39 is 0 Å². The Bertz CT molecular complexity index is 858. The fourth-order valence-corrected chi connectivity index (χ4v) is 3.87. The van der Waals surface area contributed by atoms with Gasteiger partial charge < -0.3 is 4.90 Å². The first kappa shape index (κ1) is 16.9. The fraction of sp³-hybridized carbons (Fsp3) is 0.250. The van der Waals surface area contributed by atoms with Crippen LogP contribution in [0.3, 0.4) is 0 Å². The maximum absolute atomic E-state index is 13.0. The lowest BCUT2D eigenvalue weighted by Crippen LogP contribution is -2.48. The van der Waals surface area contributed by atoms with Crippen LogP contribution in [0.25, 0.3) is 11.3 Å². The molecule has 26 heavy (non-hydrogen) atoms. The molecule has 6 heteroatoms. The van der Waals surface area contributed by atoms with Crippen molar-refractivity contribution in [1.82, 2.24) is 19.4 Å². The average Bonchev–Trinajstić information content (AvgIpc) is 3.19. The molecule has 0 radical (unpaired) electrons. The van der Waals surface area contributed by atoms with E-state index in [4.69, 9.17) is 0 Å². The van der Waals surface area contributed by atoms with Gasteiger partial charge in [-0.1, -0.05) is 65.2 Å². The van der Waals surface area contributed by atoms with Gasteiger partial charge in [-0.25, -0.2) is 0 Å². The quantitative estimate of drug-likeness (QED) is 0.714. The van der Waals surface area contributed by atoms with Crippen LogP contribution in [0.1, 0.15) is 15.2 Å². The molecular formula is C20H20N4OS. The van der Waals surface area contributed by atoms with Crippen LogP contribution >= 0.6 is 11.5 Å². The van der Waals surface area contributed by atoms with Gasteiger partial charge in [-0.2, -0.15) is 0 Å². The summed E-state index contributed by atoms with van der Waals surface area (Å²) in [5.74, 6) is 0.0400. The number of amides is 1. The molecule has 0 aliphatic carbocycles. The summed E-state index contributed by atoms with van der Waals surface area (Å²) in [7, 11) is 0. The molecule has 0 unspecified atom stereocenters. The van der Waals surface area contributed by atoms with Crippen LogP contribution < -0.4 is 0 Å². The van der Waals surface area contributed by atoms with Crippen LogP contribution in [0, 0.1) is 0 Å². The largest absolute Gasteiger partial charge is 0.335 e. The van der Waals surface area contributed by atoms with Gasteiger partial charge in [-0.3, -0.25) is 9.69 Å². The van der Waals surface area contributed by atoms with Crippen molar-refractivity contribution in [1.29, 1.82) is 0 Å². The highest BCUT2D eigenvalue weighted by Gasteiger charge is 2.26. The summed E-state index contributed by atoms with van der Waals surface area (Å²) >= 11 is 1.18. The highest BCUT2D eigenvalue weighted by Crippen LogP contribution is 2.25. The minimum atomic E-state index is 0.0400.